The Balaban J connectivity index is 2.42. The summed E-state index contributed by atoms with van der Waals surface area (Å²) in [7, 11) is 0. The van der Waals surface area contributed by atoms with Crippen molar-refractivity contribution in [1.82, 2.24) is 0 Å². The number of fused-ring (bicyclic) bond motifs is 1. The molecule has 1 aliphatic heterocycles. The Hall–Kier alpha value is -0.480. The first-order valence-electron chi connectivity index (χ1n) is 3.94. The third kappa shape index (κ3) is 1.74. The molecule has 1 heterocycles. The van der Waals surface area contributed by atoms with E-state index in [9.17, 15) is 4.79 Å². The summed E-state index contributed by atoms with van der Waals surface area (Å²) < 4.78 is 1.00. The Labute approximate surface area is 89.2 Å². The van der Waals surface area contributed by atoms with E-state index in [2.05, 4.69) is 21.2 Å². The van der Waals surface area contributed by atoms with Crippen molar-refractivity contribution < 1.29 is 4.79 Å². The van der Waals surface area contributed by atoms with Crippen LogP contribution in [0.4, 0.5) is 5.69 Å². The smallest absolute Gasteiger partial charge is 0.215 e. The molecule has 4 heteroatoms. The lowest BCUT2D eigenvalue weighted by molar-refractivity contribution is -0.111. The van der Waals surface area contributed by atoms with Gasteiger partial charge in [-0.15, -0.1) is 0 Å². The van der Waals surface area contributed by atoms with E-state index in [-0.39, 0.29) is 11.2 Å². The van der Waals surface area contributed by atoms with Crippen molar-refractivity contribution in [3.63, 3.8) is 0 Å². The number of carbonyl (C=O) groups excluding carboxylic acids is 1. The fourth-order valence-corrected chi connectivity index (χ4v) is 2.58. The van der Waals surface area contributed by atoms with Crippen LogP contribution in [0.5, 0.6) is 0 Å². The van der Waals surface area contributed by atoms with Crippen LogP contribution < -0.4 is 5.32 Å². The van der Waals surface area contributed by atoms with Crippen LogP contribution in [0.25, 0.3) is 0 Å². The second kappa shape index (κ2) is 3.35. The molecular formula is C9H8BrNOS. The number of halogens is 1. The molecular weight excluding hydrogens is 250 g/mol. The van der Waals surface area contributed by atoms with E-state index in [1.54, 1.807) is 0 Å². The summed E-state index contributed by atoms with van der Waals surface area (Å²) in [6.07, 6.45) is 0. The van der Waals surface area contributed by atoms with E-state index < -0.39 is 0 Å². The number of benzene rings is 1. The molecule has 1 aromatic carbocycles. The normalized spacial score (nSPS) is 20.8. The maximum atomic E-state index is 11.4. The largest absolute Gasteiger partial charge is 0.374 e. The summed E-state index contributed by atoms with van der Waals surface area (Å²) in [5, 5.41) is 3.32. The minimum Gasteiger partial charge on any atom is -0.374 e. The molecule has 0 saturated heterocycles. The lowest BCUT2D eigenvalue weighted by atomic mass is 10.2. The van der Waals surface area contributed by atoms with Gasteiger partial charge in [0.2, 0.25) is 5.12 Å². The second-order valence-electron chi connectivity index (χ2n) is 2.93. The van der Waals surface area contributed by atoms with Crippen LogP contribution in [-0.4, -0.2) is 11.2 Å². The lowest BCUT2D eigenvalue weighted by Crippen LogP contribution is -2.27. The van der Waals surface area contributed by atoms with Crippen LogP contribution in [0.2, 0.25) is 0 Å². The van der Waals surface area contributed by atoms with Crippen molar-refractivity contribution in [1.29, 1.82) is 0 Å². The van der Waals surface area contributed by atoms with Gasteiger partial charge in [0.1, 0.15) is 0 Å². The number of carbonyl (C=O) groups is 1. The van der Waals surface area contributed by atoms with Crippen molar-refractivity contribution >= 4 is 38.5 Å². The number of thioether (sulfide) groups is 1. The van der Waals surface area contributed by atoms with E-state index in [0.29, 0.717) is 0 Å². The standard InChI is InChI=1S/C9H8BrNOS/c1-5-9(12)13-8-4-6(10)2-3-7(8)11-5/h2-5,11H,1H3. The molecule has 2 rings (SSSR count). The summed E-state index contributed by atoms with van der Waals surface area (Å²) in [5.41, 5.74) is 1.04. The van der Waals surface area contributed by atoms with Gasteiger partial charge in [0, 0.05) is 15.1 Å². The first kappa shape index (κ1) is 9.09. The minimum atomic E-state index is -0.0846. The first-order valence-corrected chi connectivity index (χ1v) is 5.55. The first-order chi connectivity index (χ1) is 6.16. The van der Waals surface area contributed by atoms with Gasteiger partial charge in [-0.05, 0) is 36.9 Å². The molecule has 1 aromatic rings. The number of nitrogens with one attached hydrogen (secondary N) is 1. The average molecular weight is 258 g/mol. The van der Waals surface area contributed by atoms with Gasteiger partial charge in [0.25, 0.3) is 0 Å². The predicted octanol–water partition coefficient (Wildman–Crippen LogP) is 2.88. The van der Waals surface area contributed by atoms with Crippen LogP contribution >= 0.6 is 27.7 Å². The molecule has 0 saturated carbocycles. The molecule has 0 radical (unpaired) electrons. The van der Waals surface area contributed by atoms with E-state index in [1.165, 1.54) is 11.8 Å². The Morgan fingerprint density at radius 3 is 3.08 bits per heavy atom. The zero-order chi connectivity index (χ0) is 9.42. The molecule has 0 amide bonds. The number of rotatable bonds is 0. The van der Waals surface area contributed by atoms with Gasteiger partial charge in [-0.1, -0.05) is 15.9 Å². The molecule has 13 heavy (non-hydrogen) atoms. The van der Waals surface area contributed by atoms with Crippen molar-refractivity contribution in [2.75, 3.05) is 5.32 Å². The van der Waals surface area contributed by atoms with Crippen molar-refractivity contribution in [3.05, 3.63) is 22.7 Å². The second-order valence-corrected chi connectivity index (χ2v) is 4.89. The van der Waals surface area contributed by atoms with Gasteiger partial charge in [-0.2, -0.15) is 0 Å². The Morgan fingerprint density at radius 1 is 1.54 bits per heavy atom. The highest BCUT2D eigenvalue weighted by Gasteiger charge is 2.22. The van der Waals surface area contributed by atoms with Gasteiger partial charge in [-0.3, -0.25) is 4.79 Å². The molecule has 0 aromatic heterocycles. The summed E-state index contributed by atoms with van der Waals surface area (Å²) >= 11 is 4.68. The molecule has 0 spiro atoms. The maximum Gasteiger partial charge on any atom is 0.215 e. The molecule has 1 atom stereocenters. The van der Waals surface area contributed by atoms with Crippen LogP contribution in [0.1, 0.15) is 6.92 Å². The summed E-state index contributed by atoms with van der Waals surface area (Å²) in [4.78, 5) is 12.4. The molecule has 2 nitrogen and oxygen atoms in total. The highest BCUT2D eigenvalue weighted by molar-refractivity contribution is 9.10. The number of hydrogen-bond donors (Lipinski definition) is 1. The van der Waals surface area contributed by atoms with E-state index in [1.807, 2.05) is 25.1 Å². The Bertz CT molecular complexity index is 367. The highest BCUT2D eigenvalue weighted by Crippen LogP contribution is 2.35. The zero-order valence-corrected chi connectivity index (χ0v) is 9.41. The van der Waals surface area contributed by atoms with Crippen LogP contribution in [0.15, 0.2) is 27.6 Å². The molecule has 1 unspecified atom stereocenters. The lowest BCUT2D eigenvalue weighted by Gasteiger charge is -2.21. The van der Waals surface area contributed by atoms with Crippen molar-refractivity contribution in [3.8, 4) is 0 Å². The predicted molar refractivity (Wildman–Crippen MR) is 58.1 cm³/mol. The average Bonchev–Trinajstić information content (AvgIpc) is 2.08. The number of anilines is 1. The van der Waals surface area contributed by atoms with Gasteiger partial charge >= 0.3 is 0 Å². The highest BCUT2D eigenvalue weighted by atomic mass is 79.9. The van der Waals surface area contributed by atoms with Crippen molar-refractivity contribution in [2.24, 2.45) is 0 Å². The van der Waals surface area contributed by atoms with Gasteiger partial charge in [0.15, 0.2) is 0 Å². The van der Waals surface area contributed by atoms with E-state index >= 15 is 0 Å². The molecule has 1 N–H and O–H groups in total. The molecule has 0 aliphatic carbocycles. The zero-order valence-electron chi connectivity index (χ0n) is 7.00. The SMILES string of the molecule is CC1Nc2ccc(Br)cc2SC1=O. The Kier molecular flexibility index (Phi) is 2.34. The van der Waals surface area contributed by atoms with Crippen LogP contribution in [0, 0.1) is 0 Å². The minimum absolute atomic E-state index is 0.0846. The Morgan fingerprint density at radius 2 is 2.31 bits per heavy atom. The van der Waals surface area contributed by atoms with E-state index in [0.717, 1.165) is 15.1 Å². The fraction of sp³-hybridized carbons (Fsp3) is 0.222. The molecule has 0 fully saturated rings. The van der Waals surface area contributed by atoms with Gasteiger partial charge in [-0.25, -0.2) is 0 Å². The quantitative estimate of drug-likeness (QED) is 0.775. The van der Waals surface area contributed by atoms with Gasteiger partial charge in [0.05, 0.1) is 6.04 Å². The molecule has 68 valence electrons. The van der Waals surface area contributed by atoms with Gasteiger partial charge < -0.3 is 5.32 Å². The van der Waals surface area contributed by atoms with E-state index in [4.69, 9.17) is 0 Å². The summed E-state index contributed by atoms with van der Waals surface area (Å²) in [5.74, 6) is 0. The third-order valence-electron chi connectivity index (χ3n) is 1.88. The molecule has 0 bridgehead atoms. The summed E-state index contributed by atoms with van der Waals surface area (Å²) in [6, 6.07) is 5.82. The third-order valence-corrected chi connectivity index (χ3v) is 3.49. The van der Waals surface area contributed by atoms with Crippen LogP contribution in [-0.2, 0) is 4.79 Å². The fourth-order valence-electron chi connectivity index (χ4n) is 1.19. The maximum absolute atomic E-state index is 11.4. The summed E-state index contributed by atoms with van der Waals surface area (Å²) in [6.45, 7) is 1.88. The van der Waals surface area contributed by atoms with Crippen molar-refractivity contribution in [2.45, 2.75) is 17.9 Å². The molecule has 1 aliphatic rings. The number of hydrogen-bond acceptors (Lipinski definition) is 3. The monoisotopic (exact) mass is 257 g/mol. The topological polar surface area (TPSA) is 29.1 Å². The van der Waals surface area contributed by atoms with Crippen LogP contribution in [0.3, 0.4) is 0 Å².